The minimum Gasteiger partial charge on any atom is -0.494 e. The summed E-state index contributed by atoms with van der Waals surface area (Å²) in [5.74, 6) is 0.812. The van der Waals surface area contributed by atoms with Crippen LogP contribution in [0.2, 0.25) is 0 Å². The van der Waals surface area contributed by atoms with Crippen LogP contribution in [-0.2, 0) is 4.74 Å². The molecule has 3 rings (SSSR count). The highest BCUT2D eigenvalue weighted by molar-refractivity contribution is 7.09. The third kappa shape index (κ3) is 4.54. The van der Waals surface area contributed by atoms with Gasteiger partial charge in [-0.05, 0) is 37.6 Å². The maximum atomic E-state index is 8.78. The van der Waals surface area contributed by atoms with Gasteiger partial charge in [-0.15, -0.1) is 11.3 Å². The second kappa shape index (κ2) is 8.25. The summed E-state index contributed by atoms with van der Waals surface area (Å²) in [6.07, 6.45) is 1.06. The van der Waals surface area contributed by atoms with E-state index in [0.29, 0.717) is 12.2 Å². The lowest BCUT2D eigenvalue weighted by molar-refractivity contribution is -0.0311. The van der Waals surface area contributed by atoms with Crippen molar-refractivity contribution < 1.29 is 9.47 Å². The molecule has 0 bridgehead atoms. The molecule has 5 nitrogen and oxygen atoms in total. The van der Waals surface area contributed by atoms with Crippen LogP contribution in [0.4, 0.5) is 0 Å². The first-order chi connectivity index (χ1) is 11.7. The van der Waals surface area contributed by atoms with E-state index < -0.39 is 0 Å². The fourth-order valence-electron chi connectivity index (χ4n) is 2.68. The molecule has 1 atom stereocenters. The minimum absolute atomic E-state index is 0.0943. The van der Waals surface area contributed by atoms with Crippen LogP contribution in [-0.4, -0.2) is 42.7 Å². The molecular formula is C18H21N3O2S. The van der Waals surface area contributed by atoms with Crippen LogP contribution in [0.5, 0.6) is 5.75 Å². The molecule has 6 heteroatoms. The molecule has 0 N–H and O–H groups in total. The summed E-state index contributed by atoms with van der Waals surface area (Å²) in [4.78, 5) is 6.95. The Morgan fingerprint density at radius 2 is 2.25 bits per heavy atom. The van der Waals surface area contributed by atoms with Crippen LogP contribution >= 0.6 is 11.3 Å². The molecule has 2 aromatic rings. The number of thiazole rings is 1. The van der Waals surface area contributed by atoms with Gasteiger partial charge in [0.05, 0.1) is 24.8 Å². The van der Waals surface area contributed by atoms with E-state index in [1.165, 1.54) is 0 Å². The molecule has 0 unspecified atom stereocenters. The maximum Gasteiger partial charge on any atom is 0.123 e. The predicted octanol–water partition coefficient (Wildman–Crippen LogP) is 3.17. The quantitative estimate of drug-likeness (QED) is 0.754. The molecule has 1 aromatic carbocycles. The van der Waals surface area contributed by atoms with Gasteiger partial charge in [0.2, 0.25) is 0 Å². The Morgan fingerprint density at radius 3 is 2.96 bits per heavy atom. The number of morpholine rings is 1. The Balaban J connectivity index is 1.40. The van der Waals surface area contributed by atoms with Crippen LogP contribution in [0.25, 0.3) is 0 Å². The molecule has 2 heterocycles. The van der Waals surface area contributed by atoms with Crippen molar-refractivity contribution in [1.82, 2.24) is 9.88 Å². The first-order valence-electron chi connectivity index (χ1n) is 8.13. The van der Waals surface area contributed by atoms with Crippen molar-refractivity contribution in [1.29, 1.82) is 5.26 Å². The number of benzene rings is 1. The molecule has 0 aliphatic carbocycles. The molecular weight excluding hydrogens is 322 g/mol. The zero-order valence-electron chi connectivity index (χ0n) is 13.8. The van der Waals surface area contributed by atoms with Gasteiger partial charge in [0.15, 0.2) is 0 Å². The average Bonchev–Trinajstić information content (AvgIpc) is 3.06. The Bertz CT molecular complexity index is 693. The number of hydrogen-bond donors (Lipinski definition) is 0. The minimum atomic E-state index is 0.0943. The van der Waals surface area contributed by atoms with Crippen LogP contribution in [0.15, 0.2) is 29.6 Å². The van der Waals surface area contributed by atoms with Gasteiger partial charge in [0.1, 0.15) is 16.9 Å². The first-order valence-corrected chi connectivity index (χ1v) is 9.01. The van der Waals surface area contributed by atoms with Gasteiger partial charge in [-0.1, -0.05) is 0 Å². The molecule has 1 saturated heterocycles. The Labute approximate surface area is 146 Å². The van der Waals surface area contributed by atoms with Gasteiger partial charge >= 0.3 is 0 Å². The molecule has 126 valence electrons. The highest BCUT2D eigenvalue weighted by Crippen LogP contribution is 2.25. The van der Waals surface area contributed by atoms with E-state index in [0.717, 1.165) is 49.1 Å². The zero-order chi connectivity index (χ0) is 16.8. The second-order valence-corrected chi connectivity index (χ2v) is 6.72. The van der Waals surface area contributed by atoms with E-state index in [9.17, 15) is 0 Å². The summed E-state index contributed by atoms with van der Waals surface area (Å²) in [6, 6.07) is 9.34. The zero-order valence-corrected chi connectivity index (χ0v) is 14.6. The fourth-order valence-corrected chi connectivity index (χ4v) is 3.51. The molecule has 1 aliphatic heterocycles. The van der Waals surface area contributed by atoms with Crippen molar-refractivity contribution in [3.63, 3.8) is 0 Å². The molecule has 0 saturated carbocycles. The van der Waals surface area contributed by atoms with Crippen molar-refractivity contribution in [2.75, 3.05) is 32.8 Å². The highest BCUT2D eigenvalue weighted by atomic mass is 32.1. The topological polar surface area (TPSA) is 58.4 Å². The van der Waals surface area contributed by atoms with E-state index in [1.807, 2.05) is 19.1 Å². The number of rotatable bonds is 6. The van der Waals surface area contributed by atoms with Crippen molar-refractivity contribution in [2.45, 2.75) is 19.4 Å². The summed E-state index contributed by atoms with van der Waals surface area (Å²) >= 11 is 1.68. The molecule has 1 aromatic heterocycles. The molecule has 24 heavy (non-hydrogen) atoms. The van der Waals surface area contributed by atoms with E-state index >= 15 is 0 Å². The van der Waals surface area contributed by atoms with E-state index in [-0.39, 0.29) is 6.10 Å². The van der Waals surface area contributed by atoms with E-state index in [2.05, 4.69) is 21.3 Å². The lowest BCUT2D eigenvalue weighted by Crippen LogP contribution is -2.39. The van der Waals surface area contributed by atoms with Gasteiger partial charge in [0.25, 0.3) is 0 Å². The van der Waals surface area contributed by atoms with E-state index in [1.54, 1.807) is 23.5 Å². The lowest BCUT2D eigenvalue weighted by Gasteiger charge is -2.31. The average molecular weight is 343 g/mol. The number of nitriles is 1. The van der Waals surface area contributed by atoms with Crippen LogP contribution in [0, 0.1) is 18.3 Å². The van der Waals surface area contributed by atoms with Crippen molar-refractivity contribution in [2.24, 2.45) is 0 Å². The maximum absolute atomic E-state index is 8.78. The van der Waals surface area contributed by atoms with Crippen molar-refractivity contribution >= 4 is 11.3 Å². The number of aromatic nitrogens is 1. The Morgan fingerprint density at radius 1 is 1.42 bits per heavy atom. The third-order valence-corrected chi connectivity index (χ3v) is 4.99. The molecule has 1 fully saturated rings. The standard InChI is InChI=1S/C18H21N3O2S/c1-14-13-24-18(20-14)17-12-21(8-10-23-17)7-2-9-22-16-5-3-15(11-19)4-6-16/h3-6,13,17H,2,7-10,12H2,1H3/t17-/m0/s1. The molecule has 0 amide bonds. The SMILES string of the molecule is Cc1csc([C@@H]2CN(CCCOc3ccc(C#N)cc3)CCO2)n1. The largest absolute Gasteiger partial charge is 0.494 e. The monoisotopic (exact) mass is 343 g/mol. The predicted molar refractivity (Wildman–Crippen MR) is 93.3 cm³/mol. The number of ether oxygens (including phenoxy) is 2. The summed E-state index contributed by atoms with van der Waals surface area (Å²) < 4.78 is 11.6. The van der Waals surface area contributed by atoms with Crippen LogP contribution < -0.4 is 4.74 Å². The smallest absolute Gasteiger partial charge is 0.123 e. The van der Waals surface area contributed by atoms with Crippen molar-refractivity contribution in [3.8, 4) is 11.8 Å². The summed E-state index contributed by atoms with van der Waals surface area (Å²) in [7, 11) is 0. The van der Waals surface area contributed by atoms with Gasteiger partial charge in [-0.3, -0.25) is 4.90 Å². The number of hydrogen-bond acceptors (Lipinski definition) is 6. The Hall–Kier alpha value is -1.94. The number of aryl methyl sites for hydroxylation is 1. The molecule has 0 radical (unpaired) electrons. The highest BCUT2D eigenvalue weighted by Gasteiger charge is 2.23. The first kappa shape index (κ1) is 16.9. The second-order valence-electron chi connectivity index (χ2n) is 5.83. The molecule has 0 spiro atoms. The summed E-state index contributed by atoms with van der Waals surface area (Å²) in [5.41, 5.74) is 1.71. The normalized spacial score (nSPS) is 18.2. The van der Waals surface area contributed by atoms with E-state index in [4.69, 9.17) is 14.7 Å². The Kier molecular flexibility index (Phi) is 5.81. The fraction of sp³-hybridized carbons (Fsp3) is 0.444. The lowest BCUT2D eigenvalue weighted by atomic mass is 10.2. The number of nitrogens with zero attached hydrogens (tertiary/aromatic N) is 3. The van der Waals surface area contributed by atoms with Crippen LogP contribution in [0.1, 0.15) is 28.8 Å². The van der Waals surface area contributed by atoms with Crippen molar-refractivity contribution in [3.05, 3.63) is 45.9 Å². The molecule has 1 aliphatic rings. The van der Waals surface area contributed by atoms with Gasteiger partial charge in [-0.2, -0.15) is 5.26 Å². The van der Waals surface area contributed by atoms with Gasteiger partial charge in [-0.25, -0.2) is 4.98 Å². The van der Waals surface area contributed by atoms with Gasteiger partial charge in [0, 0.05) is 30.7 Å². The van der Waals surface area contributed by atoms with Gasteiger partial charge < -0.3 is 9.47 Å². The summed E-state index contributed by atoms with van der Waals surface area (Å²) in [5, 5.41) is 11.9. The summed E-state index contributed by atoms with van der Waals surface area (Å²) in [6.45, 7) is 6.27. The van der Waals surface area contributed by atoms with Crippen LogP contribution in [0.3, 0.4) is 0 Å². The third-order valence-electron chi connectivity index (χ3n) is 3.93.